The topological polar surface area (TPSA) is 34.9 Å². The number of halogens is 2. The van der Waals surface area contributed by atoms with Crippen molar-refractivity contribution < 1.29 is 4.39 Å². The van der Waals surface area contributed by atoms with Gasteiger partial charge in [0.1, 0.15) is 11.6 Å². The van der Waals surface area contributed by atoms with Gasteiger partial charge in [0, 0.05) is 11.4 Å². The largest absolute Gasteiger partial charge is 0.268 e. The third-order valence-electron chi connectivity index (χ3n) is 3.44. The monoisotopic (exact) mass is 316 g/mol. The van der Waals surface area contributed by atoms with Gasteiger partial charge in [-0.05, 0) is 42.8 Å². The van der Waals surface area contributed by atoms with E-state index in [1.54, 1.807) is 24.3 Å². The van der Waals surface area contributed by atoms with Crippen molar-refractivity contribution in [3.05, 3.63) is 69.5 Å². The molecule has 0 fully saturated rings. The molecular weight excluding hydrogens is 303 g/mol. The summed E-state index contributed by atoms with van der Waals surface area (Å²) in [6.07, 6.45) is 1.49. The van der Waals surface area contributed by atoms with Crippen molar-refractivity contribution in [1.82, 2.24) is 9.55 Å². The molecule has 5 heteroatoms. The van der Waals surface area contributed by atoms with Crippen LogP contribution >= 0.6 is 11.6 Å². The maximum absolute atomic E-state index is 13.5. The second-order valence-electron chi connectivity index (χ2n) is 5.06. The van der Waals surface area contributed by atoms with Crippen LogP contribution in [-0.2, 0) is 6.42 Å². The zero-order valence-corrected chi connectivity index (χ0v) is 12.8. The van der Waals surface area contributed by atoms with Gasteiger partial charge in [-0.25, -0.2) is 9.37 Å². The molecule has 1 heterocycles. The zero-order valence-electron chi connectivity index (χ0n) is 12.0. The summed E-state index contributed by atoms with van der Waals surface area (Å²) < 4.78 is 15.0. The molecular formula is C17H14ClFN2O. The normalized spacial score (nSPS) is 11.0. The zero-order chi connectivity index (χ0) is 15.7. The first-order chi connectivity index (χ1) is 10.6. The van der Waals surface area contributed by atoms with E-state index in [9.17, 15) is 9.18 Å². The Bertz CT molecular complexity index is 905. The van der Waals surface area contributed by atoms with Gasteiger partial charge >= 0.3 is 0 Å². The van der Waals surface area contributed by atoms with E-state index in [1.807, 2.05) is 6.92 Å². The highest BCUT2D eigenvalue weighted by molar-refractivity contribution is 6.30. The van der Waals surface area contributed by atoms with E-state index in [2.05, 4.69) is 4.98 Å². The third-order valence-corrected chi connectivity index (χ3v) is 3.67. The number of aromatic nitrogens is 2. The van der Waals surface area contributed by atoms with Crippen LogP contribution in [0.3, 0.4) is 0 Å². The number of fused-ring (bicyclic) bond motifs is 1. The van der Waals surface area contributed by atoms with Crippen LogP contribution in [0.4, 0.5) is 4.39 Å². The van der Waals surface area contributed by atoms with E-state index in [0.29, 0.717) is 28.5 Å². The molecule has 0 aliphatic heterocycles. The first kappa shape index (κ1) is 14.7. The highest BCUT2D eigenvalue weighted by Crippen LogP contribution is 2.18. The summed E-state index contributed by atoms with van der Waals surface area (Å²) in [5.74, 6) is 0.196. The Morgan fingerprint density at radius 2 is 2.05 bits per heavy atom. The molecule has 112 valence electrons. The van der Waals surface area contributed by atoms with E-state index in [1.165, 1.54) is 22.8 Å². The average Bonchev–Trinajstić information content (AvgIpc) is 2.49. The minimum atomic E-state index is -0.452. The summed E-state index contributed by atoms with van der Waals surface area (Å²) in [5.41, 5.74) is 0.864. The van der Waals surface area contributed by atoms with Crippen LogP contribution in [0.1, 0.15) is 19.2 Å². The Morgan fingerprint density at radius 1 is 1.23 bits per heavy atom. The molecule has 0 atom stereocenters. The summed E-state index contributed by atoms with van der Waals surface area (Å²) in [5, 5.41) is 0.797. The summed E-state index contributed by atoms with van der Waals surface area (Å²) in [7, 11) is 0. The molecule has 0 spiro atoms. The molecule has 22 heavy (non-hydrogen) atoms. The van der Waals surface area contributed by atoms with Crippen molar-refractivity contribution in [2.24, 2.45) is 0 Å². The highest BCUT2D eigenvalue weighted by Gasteiger charge is 2.13. The quantitative estimate of drug-likeness (QED) is 0.728. The molecule has 0 radical (unpaired) electrons. The summed E-state index contributed by atoms with van der Waals surface area (Å²) in [4.78, 5) is 17.3. The van der Waals surface area contributed by atoms with E-state index in [-0.39, 0.29) is 10.9 Å². The number of rotatable bonds is 3. The molecule has 0 aliphatic rings. The SMILES string of the molecule is CCCc1nc2ccc(F)cc2c(=O)n1-c1cccc(Cl)c1. The molecule has 3 rings (SSSR count). The van der Waals surface area contributed by atoms with E-state index in [0.717, 1.165) is 6.42 Å². The fourth-order valence-corrected chi connectivity index (χ4v) is 2.66. The van der Waals surface area contributed by atoms with Crippen LogP contribution in [-0.4, -0.2) is 9.55 Å². The van der Waals surface area contributed by atoms with Crippen LogP contribution in [0, 0.1) is 5.82 Å². The fourth-order valence-electron chi connectivity index (χ4n) is 2.48. The van der Waals surface area contributed by atoms with Gasteiger partial charge in [-0.15, -0.1) is 0 Å². The smallest absolute Gasteiger partial charge is 0.266 e. The van der Waals surface area contributed by atoms with Crippen LogP contribution in [0.15, 0.2) is 47.3 Å². The van der Waals surface area contributed by atoms with Crippen molar-refractivity contribution in [1.29, 1.82) is 0 Å². The maximum atomic E-state index is 13.5. The minimum absolute atomic E-state index is 0.264. The predicted octanol–water partition coefficient (Wildman–Crippen LogP) is 4.13. The standard InChI is InChI=1S/C17H14ClFN2O/c1-2-4-16-20-15-8-7-12(19)10-14(15)17(22)21(16)13-6-3-5-11(18)9-13/h3,5-10H,2,4H2,1H3. The number of aryl methyl sites for hydroxylation is 1. The third kappa shape index (κ3) is 2.62. The second kappa shape index (κ2) is 5.89. The van der Waals surface area contributed by atoms with Gasteiger partial charge in [0.05, 0.1) is 16.6 Å². The van der Waals surface area contributed by atoms with Gasteiger partial charge < -0.3 is 0 Å². The Morgan fingerprint density at radius 3 is 2.77 bits per heavy atom. The maximum Gasteiger partial charge on any atom is 0.266 e. The molecule has 0 aliphatic carbocycles. The van der Waals surface area contributed by atoms with Crippen molar-refractivity contribution in [3.63, 3.8) is 0 Å². The predicted molar refractivity (Wildman–Crippen MR) is 86.3 cm³/mol. The molecule has 0 saturated carbocycles. The average molecular weight is 317 g/mol. The Hall–Kier alpha value is -2.20. The Balaban J connectivity index is 2.37. The van der Waals surface area contributed by atoms with Crippen LogP contribution in [0.5, 0.6) is 0 Å². The number of benzene rings is 2. The number of nitrogens with zero attached hydrogens (tertiary/aromatic N) is 2. The van der Waals surface area contributed by atoms with Crippen molar-refractivity contribution in [2.45, 2.75) is 19.8 Å². The Kier molecular flexibility index (Phi) is 3.94. The van der Waals surface area contributed by atoms with Gasteiger partial charge in [0.15, 0.2) is 0 Å². The van der Waals surface area contributed by atoms with Crippen molar-refractivity contribution in [2.75, 3.05) is 0 Å². The molecule has 0 N–H and O–H groups in total. The van der Waals surface area contributed by atoms with Gasteiger partial charge in [0.2, 0.25) is 0 Å². The first-order valence-electron chi connectivity index (χ1n) is 7.07. The van der Waals surface area contributed by atoms with Gasteiger partial charge in [0.25, 0.3) is 5.56 Å². The minimum Gasteiger partial charge on any atom is -0.268 e. The molecule has 3 aromatic rings. The lowest BCUT2D eigenvalue weighted by Crippen LogP contribution is -2.24. The van der Waals surface area contributed by atoms with E-state index < -0.39 is 5.82 Å². The van der Waals surface area contributed by atoms with Gasteiger partial charge in [-0.1, -0.05) is 24.6 Å². The second-order valence-corrected chi connectivity index (χ2v) is 5.50. The number of hydrogen-bond acceptors (Lipinski definition) is 2. The molecule has 2 aromatic carbocycles. The van der Waals surface area contributed by atoms with Crippen LogP contribution < -0.4 is 5.56 Å². The van der Waals surface area contributed by atoms with Gasteiger partial charge in [-0.3, -0.25) is 9.36 Å². The lowest BCUT2D eigenvalue weighted by atomic mass is 10.2. The summed E-state index contributed by atoms with van der Waals surface area (Å²) in [6.45, 7) is 2.02. The number of hydrogen-bond donors (Lipinski definition) is 0. The molecule has 0 saturated heterocycles. The fraction of sp³-hybridized carbons (Fsp3) is 0.176. The molecule has 0 unspecified atom stereocenters. The first-order valence-corrected chi connectivity index (χ1v) is 7.45. The molecule has 3 nitrogen and oxygen atoms in total. The van der Waals surface area contributed by atoms with E-state index >= 15 is 0 Å². The van der Waals surface area contributed by atoms with Gasteiger partial charge in [-0.2, -0.15) is 0 Å². The lowest BCUT2D eigenvalue weighted by Gasteiger charge is -2.13. The molecule has 0 bridgehead atoms. The Labute approximate surface area is 132 Å². The summed E-state index contributed by atoms with van der Waals surface area (Å²) >= 11 is 6.02. The highest BCUT2D eigenvalue weighted by atomic mass is 35.5. The summed E-state index contributed by atoms with van der Waals surface area (Å²) in [6, 6.07) is 11.1. The van der Waals surface area contributed by atoms with Crippen LogP contribution in [0.25, 0.3) is 16.6 Å². The molecule has 0 amide bonds. The van der Waals surface area contributed by atoms with Crippen molar-refractivity contribution >= 4 is 22.5 Å². The van der Waals surface area contributed by atoms with E-state index in [4.69, 9.17) is 11.6 Å². The van der Waals surface area contributed by atoms with Crippen molar-refractivity contribution in [3.8, 4) is 5.69 Å². The lowest BCUT2D eigenvalue weighted by molar-refractivity contribution is 0.629. The molecule has 1 aromatic heterocycles. The van der Waals surface area contributed by atoms with Crippen LogP contribution in [0.2, 0.25) is 5.02 Å².